The SMILES string of the molecule is COc1ccc(CC(=O)N2CCC(NC(=O)c3ccccc3OC)CC2)cc1OC. The summed E-state index contributed by atoms with van der Waals surface area (Å²) in [6.45, 7) is 1.23. The Bertz CT molecular complexity index is 891. The molecule has 1 fully saturated rings. The van der Waals surface area contributed by atoms with Crippen molar-refractivity contribution < 1.29 is 23.8 Å². The number of nitrogens with one attached hydrogen (secondary N) is 1. The smallest absolute Gasteiger partial charge is 0.255 e. The highest BCUT2D eigenvalue weighted by Gasteiger charge is 2.25. The number of benzene rings is 2. The van der Waals surface area contributed by atoms with Gasteiger partial charge in [0.15, 0.2) is 11.5 Å². The molecule has 0 bridgehead atoms. The van der Waals surface area contributed by atoms with Crippen molar-refractivity contribution in [1.29, 1.82) is 0 Å². The molecular weight excluding hydrogens is 384 g/mol. The van der Waals surface area contributed by atoms with Crippen LogP contribution < -0.4 is 19.5 Å². The van der Waals surface area contributed by atoms with Crippen LogP contribution >= 0.6 is 0 Å². The van der Waals surface area contributed by atoms with Gasteiger partial charge in [-0.05, 0) is 42.7 Å². The molecule has 30 heavy (non-hydrogen) atoms. The van der Waals surface area contributed by atoms with Crippen LogP contribution in [0.4, 0.5) is 0 Å². The molecule has 7 nitrogen and oxygen atoms in total. The number of carbonyl (C=O) groups excluding carboxylic acids is 2. The molecule has 2 aromatic rings. The minimum Gasteiger partial charge on any atom is -0.496 e. The van der Waals surface area contributed by atoms with E-state index in [0.717, 1.165) is 18.4 Å². The zero-order valence-electron chi connectivity index (χ0n) is 17.6. The van der Waals surface area contributed by atoms with E-state index in [1.54, 1.807) is 39.5 Å². The highest BCUT2D eigenvalue weighted by Crippen LogP contribution is 2.28. The summed E-state index contributed by atoms with van der Waals surface area (Å²) >= 11 is 0. The molecule has 1 heterocycles. The number of ether oxygens (including phenoxy) is 3. The van der Waals surface area contributed by atoms with Gasteiger partial charge in [0, 0.05) is 19.1 Å². The van der Waals surface area contributed by atoms with E-state index in [0.29, 0.717) is 42.3 Å². The summed E-state index contributed by atoms with van der Waals surface area (Å²) in [4.78, 5) is 27.1. The van der Waals surface area contributed by atoms with Gasteiger partial charge >= 0.3 is 0 Å². The summed E-state index contributed by atoms with van der Waals surface area (Å²) in [7, 11) is 4.71. The number of amides is 2. The summed E-state index contributed by atoms with van der Waals surface area (Å²) in [5.41, 5.74) is 1.40. The number of hydrogen-bond acceptors (Lipinski definition) is 5. The highest BCUT2D eigenvalue weighted by molar-refractivity contribution is 5.97. The Morgan fingerprint density at radius 1 is 0.933 bits per heavy atom. The molecule has 1 aliphatic rings. The van der Waals surface area contributed by atoms with Crippen molar-refractivity contribution in [3.63, 3.8) is 0 Å². The van der Waals surface area contributed by atoms with Crippen LogP contribution in [0.2, 0.25) is 0 Å². The minimum absolute atomic E-state index is 0.0348. The number of rotatable bonds is 7. The number of likely N-dealkylation sites (tertiary alicyclic amines) is 1. The van der Waals surface area contributed by atoms with Gasteiger partial charge in [-0.2, -0.15) is 0 Å². The Labute approximate surface area is 176 Å². The Kier molecular flexibility index (Phi) is 7.17. The first-order valence-electron chi connectivity index (χ1n) is 9.98. The molecule has 0 radical (unpaired) electrons. The van der Waals surface area contributed by atoms with Crippen molar-refractivity contribution >= 4 is 11.8 Å². The third-order valence-corrected chi connectivity index (χ3v) is 5.34. The maximum atomic E-state index is 12.7. The number of para-hydroxylation sites is 1. The molecule has 0 aromatic heterocycles. The summed E-state index contributed by atoms with van der Waals surface area (Å²) in [6.07, 6.45) is 1.75. The molecule has 0 spiro atoms. The lowest BCUT2D eigenvalue weighted by atomic mass is 10.0. The van der Waals surface area contributed by atoms with Gasteiger partial charge in [-0.25, -0.2) is 0 Å². The van der Waals surface area contributed by atoms with Crippen LogP contribution in [-0.2, 0) is 11.2 Å². The van der Waals surface area contributed by atoms with E-state index in [-0.39, 0.29) is 17.9 Å². The Morgan fingerprint density at radius 2 is 1.60 bits per heavy atom. The van der Waals surface area contributed by atoms with Crippen molar-refractivity contribution in [2.75, 3.05) is 34.4 Å². The maximum Gasteiger partial charge on any atom is 0.255 e. The minimum atomic E-state index is -0.150. The number of piperidine rings is 1. The zero-order valence-corrected chi connectivity index (χ0v) is 17.6. The monoisotopic (exact) mass is 412 g/mol. The van der Waals surface area contributed by atoms with Gasteiger partial charge < -0.3 is 24.4 Å². The summed E-state index contributed by atoms with van der Waals surface area (Å²) in [5.74, 6) is 1.72. The molecule has 1 N–H and O–H groups in total. The molecule has 7 heteroatoms. The Balaban J connectivity index is 1.52. The normalized spacial score (nSPS) is 14.2. The lowest BCUT2D eigenvalue weighted by Crippen LogP contribution is -2.47. The third kappa shape index (κ3) is 5.03. The maximum absolute atomic E-state index is 12.7. The average molecular weight is 412 g/mol. The second-order valence-electron chi connectivity index (χ2n) is 7.19. The number of nitrogens with zero attached hydrogens (tertiary/aromatic N) is 1. The second-order valence-corrected chi connectivity index (χ2v) is 7.19. The van der Waals surface area contributed by atoms with Crippen molar-refractivity contribution in [2.24, 2.45) is 0 Å². The van der Waals surface area contributed by atoms with E-state index in [1.165, 1.54) is 0 Å². The zero-order chi connectivity index (χ0) is 21.5. The standard InChI is InChI=1S/C23H28N2O5/c1-28-19-7-5-4-6-18(19)23(27)24-17-10-12-25(13-11-17)22(26)15-16-8-9-20(29-2)21(14-16)30-3/h4-9,14,17H,10-13,15H2,1-3H3,(H,24,27). The molecule has 0 atom stereocenters. The first-order valence-corrected chi connectivity index (χ1v) is 9.98. The van der Waals surface area contributed by atoms with Crippen molar-refractivity contribution in [3.8, 4) is 17.2 Å². The van der Waals surface area contributed by atoms with Crippen LogP contribution in [0.3, 0.4) is 0 Å². The Hall–Kier alpha value is -3.22. The second kappa shape index (κ2) is 10.0. The highest BCUT2D eigenvalue weighted by atomic mass is 16.5. The number of hydrogen-bond donors (Lipinski definition) is 1. The van der Waals surface area contributed by atoms with E-state index in [2.05, 4.69) is 5.32 Å². The van der Waals surface area contributed by atoms with Crippen LogP contribution in [-0.4, -0.2) is 57.2 Å². The topological polar surface area (TPSA) is 77.1 Å². The van der Waals surface area contributed by atoms with E-state index >= 15 is 0 Å². The van der Waals surface area contributed by atoms with Crippen LogP contribution in [0.1, 0.15) is 28.8 Å². The van der Waals surface area contributed by atoms with Crippen molar-refractivity contribution in [3.05, 3.63) is 53.6 Å². The van der Waals surface area contributed by atoms with E-state index in [4.69, 9.17) is 14.2 Å². The average Bonchev–Trinajstić information content (AvgIpc) is 2.79. The fourth-order valence-electron chi connectivity index (χ4n) is 3.65. The first-order chi connectivity index (χ1) is 14.5. The lowest BCUT2D eigenvalue weighted by Gasteiger charge is -2.32. The van der Waals surface area contributed by atoms with E-state index in [9.17, 15) is 9.59 Å². The molecule has 1 aliphatic heterocycles. The third-order valence-electron chi connectivity index (χ3n) is 5.34. The molecule has 0 saturated carbocycles. The molecule has 1 saturated heterocycles. The van der Waals surface area contributed by atoms with Gasteiger partial charge in [0.25, 0.3) is 5.91 Å². The van der Waals surface area contributed by atoms with E-state index in [1.807, 2.05) is 29.2 Å². The molecule has 2 amide bonds. The molecule has 3 rings (SSSR count). The predicted octanol–water partition coefficient (Wildman–Crippen LogP) is 2.68. The van der Waals surface area contributed by atoms with Gasteiger partial charge in [-0.1, -0.05) is 18.2 Å². The molecule has 0 aliphatic carbocycles. The quantitative estimate of drug-likeness (QED) is 0.757. The van der Waals surface area contributed by atoms with Crippen LogP contribution in [0.15, 0.2) is 42.5 Å². The van der Waals surface area contributed by atoms with Crippen LogP contribution in [0.25, 0.3) is 0 Å². The largest absolute Gasteiger partial charge is 0.496 e. The molecule has 2 aromatic carbocycles. The summed E-state index contributed by atoms with van der Waals surface area (Å²) in [6, 6.07) is 12.7. The molecule has 160 valence electrons. The van der Waals surface area contributed by atoms with Gasteiger partial charge in [0.05, 0.1) is 33.3 Å². The Morgan fingerprint density at radius 3 is 2.27 bits per heavy atom. The van der Waals surface area contributed by atoms with E-state index < -0.39 is 0 Å². The van der Waals surface area contributed by atoms with Crippen molar-refractivity contribution in [2.45, 2.75) is 25.3 Å². The van der Waals surface area contributed by atoms with Gasteiger partial charge in [0.1, 0.15) is 5.75 Å². The number of methoxy groups -OCH3 is 3. The first kappa shape index (κ1) is 21.5. The van der Waals surface area contributed by atoms with Crippen LogP contribution in [0, 0.1) is 0 Å². The van der Waals surface area contributed by atoms with Gasteiger partial charge in [0.2, 0.25) is 5.91 Å². The summed E-state index contributed by atoms with van der Waals surface area (Å²) in [5, 5.41) is 3.06. The van der Waals surface area contributed by atoms with Gasteiger partial charge in [-0.15, -0.1) is 0 Å². The fraction of sp³-hybridized carbons (Fsp3) is 0.391. The lowest BCUT2D eigenvalue weighted by molar-refractivity contribution is -0.131. The van der Waals surface area contributed by atoms with Crippen LogP contribution in [0.5, 0.6) is 17.2 Å². The van der Waals surface area contributed by atoms with Gasteiger partial charge in [-0.3, -0.25) is 9.59 Å². The molecular formula is C23H28N2O5. The number of carbonyl (C=O) groups is 2. The summed E-state index contributed by atoms with van der Waals surface area (Å²) < 4.78 is 15.8. The predicted molar refractivity (Wildman–Crippen MR) is 113 cm³/mol. The van der Waals surface area contributed by atoms with Crippen molar-refractivity contribution in [1.82, 2.24) is 10.2 Å². The molecule has 0 unspecified atom stereocenters. The fourth-order valence-corrected chi connectivity index (χ4v) is 3.65.